The van der Waals surface area contributed by atoms with Gasteiger partial charge in [0, 0.05) is 18.2 Å². The Morgan fingerprint density at radius 3 is 2.54 bits per heavy atom. The van der Waals surface area contributed by atoms with E-state index in [4.69, 9.17) is 0 Å². The van der Waals surface area contributed by atoms with Crippen LogP contribution in [0, 0.1) is 23.0 Å². The van der Waals surface area contributed by atoms with Crippen molar-refractivity contribution in [1.82, 2.24) is 4.90 Å². The van der Waals surface area contributed by atoms with Gasteiger partial charge < -0.3 is 0 Å². The van der Waals surface area contributed by atoms with Crippen LogP contribution in [0.15, 0.2) is 23.2 Å². The lowest BCUT2D eigenvalue weighted by atomic mass is 10.1. The minimum absolute atomic E-state index is 0.0467. The van der Waals surface area contributed by atoms with Gasteiger partial charge in [-0.2, -0.15) is 0 Å². The molecule has 0 aromatic heterocycles. The molecule has 0 bridgehead atoms. The number of nitrogens with zero attached hydrogens (tertiary/aromatic N) is 3. The first-order valence-electron chi connectivity index (χ1n) is 8.09. The van der Waals surface area contributed by atoms with Crippen molar-refractivity contribution in [3.05, 3.63) is 33.9 Å². The predicted octanol–water partition coefficient (Wildman–Crippen LogP) is 4.29. The molecular formula is C17H23N3O3S. The molecule has 2 unspecified atom stereocenters. The van der Waals surface area contributed by atoms with Crippen LogP contribution in [0.4, 0.5) is 11.4 Å². The van der Waals surface area contributed by atoms with Crippen molar-refractivity contribution in [2.24, 2.45) is 10.9 Å². The number of nitro groups is 1. The number of benzene rings is 1. The summed E-state index contributed by atoms with van der Waals surface area (Å²) in [7, 11) is 0. The number of carbonyl (C=O) groups excluding carboxylic acids is 1. The molecule has 130 valence electrons. The molecule has 1 aromatic carbocycles. The number of hydrogen-bond donors (Lipinski definition) is 0. The first-order valence-corrected chi connectivity index (χ1v) is 8.97. The average molecular weight is 349 g/mol. The van der Waals surface area contributed by atoms with E-state index in [1.54, 1.807) is 17.9 Å². The molecule has 0 saturated carbocycles. The average Bonchev–Trinajstić information content (AvgIpc) is 2.85. The summed E-state index contributed by atoms with van der Waals surface area (Å²) >= 11 is 1.49. The minimum Gasteiger partial charge on any atom is -0.287 e. The van der Waals surface area contributed by atoms with Gasteiger partial charge in [-0.1, -0.05) is 32.5 Å². The SMILES string of the molecule is CCC(C)N1C(=O)C(C(C)C)SC1=Nc1ccc([N+](=O)[O-])cc1C. The first kappa shape index (κ1) is 18.4. The van der Waals surface area contributed by atoms with E-state index in [1.165, 1.54) is 23.9 Å². The second-order valence-electron chi connectivity index (χ2n) is 6.37. The Balaban J connectivity index is 2.42. The third kappa shape index (κ3) is 3.61. The third-order valence-corrected chi connectivity index (χ3v) is 5.66. The molecule has 1 amide bonds. The number of nitro benzene ring substituents is 1. The molecule has 2 atom stereocenters. The van der Waals surface area contributed by atoms with Crippen LogP contribution in [-0.4, -0.2) is 32.2 Å². The zero-order valence-electron chi connectivity index (χ0n) is 14.6. The summed E-state index contributed by atoms with van der Waals surface area (Å²) in [6, 6.07) is 4.67. The van der Waals surface area contributed by atoms with E-state index in [0.717, 1.165) is 12.0 Å². The largest absolute Gasteiger partial charge is 0.287 e. The molecule has 0 N–H and O–H groups in total. The number of aryl methyl sites for hydroxylation is 1. The van der Waals surface area contributed by atoms with Gasteiger partial charge in [0.25, 0.3) is 5.69 Å². The molecule has 6 nitrogen and oxygen atoms in total. The van der Waals surface area contributed by atoms with Gasteiger partial charge in [-0.25, -0.2) is 4.99 Å². The van der Waals surface area contributed by atoms with E-state index < -0.39 is 4.92 Å². The van der Waals surface area contributed by atoms with E-state index in [-0.39, 0.29) is 28.8 Å². The summed E-state index contributed by atoms with van der Waals surface area (Å²) in [5, 5.41) is 11.4. The van der Waals surface area contributed by atoms with Crippen LogP contribution in [0.5, 0.6) is 0 Å². The van der Waals surface area contributed by atoms with Crippen LogP contribution in [0.3, 0.4) is 0 Å². The zero-order chi connectivity index (χ0) is 18.0. The Morgan fingerprint density at radius 1 is 1.38 bits per heavy atom. The third-order valence-electron chi connectivity index (χ3n) is 4.16. The van der Waals surface area contributed by atoms with Gasteiger partial charge in [0.05, 0.1) is 15.9 Å². The van der Waals surface area contributed by atoms with Crippen molar-refractivity contribution in [1.29, 1.82) is 0 Å². The second kappa shape index (κ2) is 7.34. The summed E-state index contributed by atoms with van der Waals surface area (Å²) in [6.07, 6.45) is 0.843. The topological polar surface area (TPSA) is 75.8 Å². The summed E-state index contributed by atoms with van der Waals surface area (Å²) < 4.78 is 0. The highest BCUT2D eigenvalue weighted by atomic mass is 32.2. The molecule has 1 heterocycles. The van der Waals surface area contributed by atoms with Crippen molar-refractivity contribution < 1.29 is 9.72 Å². The number of aliphatic imine (C=N–C) groups is 1. The summed E-state index contributed by atoms with van der Waals surface area (Å²) in [5.74, 6) is 0.322. The Bertz CT molecular complexity index is 688. The molecular weight excluding hydrogens is 326 g/mol. The van der Waals surface area contributed by atoms with Crippen LogP contribution >= 0.6 is 11.8 Å². The van der Waals surface area contributed by atoms with Gasteiger partial charge in [0.1, 0.15) is 0 Å². The van der Waals surface area contributed by atoms with Crippen molar-refractivity contribution in [3.8, 4) is 0 Å². The zero-order valence-corrected chi connectivity index (χ0v) is 15.5. The summed E-state index contributed by atoms with van der Waals surface area (Å²) in [6.45, 7) is 9.91. The number of amidine groups is 1. The van der Waals surface area contributed by atoms with Crippen LogP contribution in [0.2, 0.25) is 0 Å². The molecule has 7 heteroatoms. The molecule has 1 aromatic rings. The van der Waals surface area contributed by atoms with Gasteiger partial charge in [-0.3, -0.25) is 19.8 Å². The second-order valence-corrected chi connectivity index (χ2v) is 7.48. The highest BCUT2D eigenvalue weighted by molar-refractivity contribution is 8.15. The van der Waals surface area contributed by atoms with E-state index in [0.29, 0.717) is 10.9 Å². The lowest BCUT2D eigenvalue weighted by molar-refractivity contribution is -0.384. The van der Waals surface area contributed by atoms with Crippen molar-refractivity contribution in [3.63, 3.8) is 0 Å². The molecule has 1 aliphatic rings. The quantitative estimate of drug-likeness (QED) is 0.587. The standard InChI is InChI=1S/C17H23N3O3S/c1-6-12(5)19-16(21)15(10(2)3)24-17(19)18-14-8-7-13(20(22)23)9-11(14)4/h7-10,12,15H,6H2,1-5H3. The fraction of sp³-hybridized carbons (Fsp3) is 0.529. The molecule has 1 aliphatic heterocycles. The fourth-order valence-electron chi connectivity index (χ4n) is 2.52. The summed E-state index contributed by atoms with van der Waals surface area (Å²) in [4.78, 5) is 29.6. The smallest absolute Gasteiger partial charge is 0.269 e. The Hall–Kier alpha value is -1.89. The lowest BCUT2D eigenvalue weighted by Crippen LogP contribution is -2.39. The van der Waals surface area contributed by atoms with Crippen LogP contribution in [-0.2, 0) is 4.79 Å². The molecule has 1 saturated heterocycles. The van der Waals surface area contributed by atoms with Gasteiger partial charge >= 0.3 is 0 Å². The number of hydrogen-bond acceptors (Lipinski definition) is 5. The van der Waals surface area contributed by atoms with Gasteiger partial charge in [0.2, 0.25) is 5.91 Å². The van der Waals surface area contributed by atoms with Gasteiger partial charge in [0.15, 0.2) is 5.17 Å². The molecule has 2 rings (SSSR count). The maximum atomic E-state index is 12.7. The maximum absolute atomic E-state index is 12.7. The number of thioether (sulfide) groups is 1. The van der Waals surface area contributed by atoms with E-state index in [9.17, 15) is 14.9 Å². The minimum atomic E-state index is -0.419. The molecule has 0 aliphatic carbocycles. The number of rotatable bonds is 5. The Labute approximate surface area is 146 Å². The number of amides is 1. The number of carbonyl (C=O) groups is 1. The number of non-ortho nitro benzene ring substituents is 1. The first-order chi connectivity index (χ1) is 11.3. The van der Waals surface area contributed by atoms with Crippen molar-refractivity contribution in [2.75, 3.05) is 0 Å². The summed E-state index contributed by atoms with van der Waals surface area (Å²) in [5.41, 5.74) is 1.43. The highest BCUT2D eigenvalue weighted by Crippen LogP contribution is 2.36. The highest BCUT2D eigenvalue weighted by Gasteiger charge is 2.41. The molecule has 0 spiro atoms. The fourth-order valence-corrected chi connectivity index (χ4v) is 3.77. The Kier molecular flexibility index (Phi) is 5.64. The van der Waals surface area contributed by atoms with Crippen LogP contribution in [0.1, 0.15) is 39.7 Å². The maximum Gasteiger partial charge on any atom is 0.269 e. The van der Waals surface area contributed by atoms with Crippen molar-refractivity contribution in [2.45, 2.75) is 52.3 Å². The van der Waals surface area contributed by atoms with E-state index in [2.05, 4.69) is 4.99 Å². The predicted molar refractivity (Wildman–Crippen MR) is 97.7 cm³/mol. The molecule has 24 heavy (non-hydrogen) atoms. The van der Waals surface area contributed by atoms with E-state index in [1.807, 2.05) is 27.7 Å². The van der Waals surface area contributed by atoms with Gasteiger partial charge in [-0.15, -0.1) is 0 Å². The Morgan fingerprint density at radius 2 is 2.04 bits per heavy atom. The van der Waals surface area contributed by atoms with Gasteiger partial charge in [-0.05, 0) is 37.8 Å². The van der Waals surface area contributed by atoms with Crippen LogP contribution in [0.25, 0.3) is 0 Å². The molecule has 0 radical (unpaired) electrons. The lowest BCUT2D eigenvalue weighted by Gasteiger charge is -2.23. The normalized spacial score (nSPS) is 20.9. The molecule has 1 fully saturated rings. The van der Waals surface area contributed by atoms with Crippen LogP contribution < -0.4 is 0 Å². The monoisotopic (exact) mass is 349 g/mol. The van der Waals surface area contributed by atoms with Crippen molar-refractivity contribution >= 4 is 34.2 Å². The van der Waals surface area contributed by atoms with E-state index >= 15 is 0 Å².